The van der Waals surface area contributed by atoms with Crippen molar-refractivity contribution < 1.29 is 23.8 Å². The molecule has 1 heterocycles. The molecule has 3 rings (SSSR count). The number of esters is 1. The van der Waals surface area contributed by atoms with E-state index in [0.717, 1.165) is 0 Å². The number of hydrogen-bond acceptors (Lipinski definition) is 8. The van der Waals surface area contributed by atoms with Crippen molar-refractivity contribution in [1.82, 2.24) is 15.4 Å². The summed E-state index contributed by atoms with van der Waals surface area (Å²) in [5.74, 6) is 0.309. The average molecular weight is 434 g/mol. The van der Waals surface area contributed by atoms with Crippen LogP contribution in [0.4, 0.5) is 0 Å². The SMILES string of the molecule is CCOc1ccc(C(=O)Oc2ccc(/C=N\NC(=O)c3cnccn3)cc2OCC)cc1. The van der Waals surface area contributed by atoms with Crippen LogP contribution in [0.25, 0.3) is 0 Å². The number of hydrogen-bond donors (Lipinski definition) is 1. The smallest absolute Gasteiger partial charge is 0.343 e. The number of aromatic nitrogens is 2. The molecule has 164 valence electrons. The first-order valence-corrected chi connectivity index (χ1v) is 9.92. The molecule has 9 nitrogen and oxygen atoms in total. The van der Waals surface area contributed by atoms with Crippen molar-refractivity contribution in [3.63, 3.8) is 0 Å². The molecule has 0 aliphatic heterocycles. The maximum Gasteiger partial charge on any atom is 0.343 e. The Labute approximate surface area is 185 Å². The molecular formula is C23H22N4O5. The second kappa shape index (κ2) is 11.2. The Morgan fingerprint density at radius 1 is 1.00 bits per heavy atom. The quantitative estimate of drug-likeness (QED) is 0.238. The van der Waals surface area contributed by atoms with E-state index in [-0.39, 0.29) is 11.4 Å². The van der Waals surface area contributed by atoms with Crippen molar-refractivity contribution in [1.29, 1.82) is 0 Å². The van der Waals surface area contributed by atoms with Gasteiger partial charge in [-0.05, 0) is 61.9 Å². The fraction of sp³-hybridized carbons (Fsp3) is 0.174. The Hall–Kier alpha value is -4.27. The van der Waals surface area contributed by atoms with Crippen molar-refractivity contribution in [3.8, 4) is 17.2 Å². The zero-order chi connectivity index (χ0) is 22.8. The molecule has 1 amide bonds. The second-order valence-electron chi connectivity index (χ2n) is 6.28. The topological polar surface area (TPSA) is 112 Å². The number of rotatable bonds is 9. The monoisotopic (exact) mass is 434 g/mol. The summed E-state index contributed by atoms with van der Waals surface area (Å²) in [4.78, 5) is 32.2. The molecule has 0 radical (unpaired) electrons. The van der Waals surface area contributed by atoms with Gasteiger partial charge in [0.25, 0.3) is 5.91 Å². The minimum Gasteiger partial charge on any atom is -0.494 e. The molecule has 0 atom stereocenters. The van der Waals surface area contributed by atoms with E-state index in [9.17, 15) is 9.59 Å². The molecule has 0 aliphatic carbocycles. The predicted molar refractivity (Wildman–Crippen MR) is 117 cm³/mol. The number of amides is 1. The number of ether oxygens (including phenoxy) is 3. The summed E-state index contributed by atoms with van der Waals surface area (Å²) in [5, 5.41) is 3.91. The highest BCUT2D eigenvalue weighted by atomic mass is 16.6. The summed E-state index contributed by atoms with van der Waals surface area (Å²) in [5.41, 5.74) is 3.54. The van der Waals surface area contributed by atoms with Crippen LogP contribution in [0.3, 0.4) is 0 Å². The molecule has 0 unspecified atom stereocenters. The van der Waals surface area contributed by atoms with Crippen LogP contribution in [0.1, 0.15) is 40.3 Å². The third kappa shape index (κ3) is 6.11. The van der Waals surface area contributed by atoms with Gasteiger partial charge in [-0.3, -0.25) is 9.78 Å². The summed E-state index contributed by atoms with van der Waals surface area (Å²) < 4.78 is 16.5. The van der Waals surface area contributed by atoms with Crippen LogP contribution >= 0.6 is 0 Å². The van der Waals surface area contributed by atoms with E-state index in [0.29, 0.717) is 35.8 Å². The van der Waals surface area contributed by atoms with Gasteiger partial charge in [-0.15, -0.1) is 0 Å². The van der Waals surface area contributed by atoms with Gasteiger partial charge in [-0.25, -0.2) is 15.2 Å². The molecule has 0 saturated heterocycles. The Morgan fingerprint density at radius 2 is 1.78 bits per heavy atom. The van der Waals surface area contributed by atoms with Gasteiger partial charge in [0.15, 0.2) is 11.5 Å². The summed E-state index contributed by atoms with van der Waals surface area (Å²) in [6, 6.07) is 11.6. The summed E-state index contributed by atoms with van der Waals surface area (Å²) in [6.07, 6.45) is 5.67. The van der Waals surface area contributed by atoms with Crippen LogP contribution in [0, 0.1) is 0 Å². The maximum absolute atomic E-state index is 12.5. The van der Waals surface area contributed by atoms with Crippen molar-refractivity contribution in [2.24, 2.45) is 5.10 Å². The van der Waals surface area contributed by atoms with Crippen molar-refractivity contribution in [2.45, 2.75) is 13.8 Å². The van der Waals surface area contributed by atoms with E-state index in [1.165, 1.54) is 24.8 Å². The zero-order valence-corrected chi connectivity index (χ0v) is 17.6. The minimum atomic E-state index is -0.522. The van der Waals surface area contributed by atoms with Crippen LogP contribution < -0.4 is 19.6 Å². The third-order valence-electron chi connectivity index (χ3n) is 4.05. The van der Waals surface area contributed by atoms with Crippen LogP contribution in [-0.2, 0) is 0 Å². The molecule has 0 spiro atoms. The highest BCUT2D eigenvalue weighted by Crippen LogP contribution is 2.29. The Balaban J connectivity index is 1.68. The largest absolute Gasteiger partial charge is 0.494 e. The van der Waals surface area contributed by atoms with Gasteiger partial charge in [0.05, 0.1) is 31.2 Å². The average Bonchev–Trinajstić information content (AvgIpc) is 2.82. The Morgan fingerprint density at radius 3 is 2.47 bits per heavy atom. The third-order valence-corrected chi connectivity index (χ3v) is 4.05. The van der Waals surface area contributed by atoms with Crippen LogP contribution in [0.2, 0.25) is 0 Å². The van der Waals surface area contributed by atoms with E-state index in [1.807, 2.05) is 13.8 Å². The second-order valence-corrected chi connectivity index (χ2v) is 6.28. The van der Waals surface area contributed by atoms with Gasteiger partial charge in [0, 0.05) is 12.4 Å². The van der Waals surface area contributed by atoms with Gasteiger partial charge in [-0.2, -0.15) is 5.10 Å². The minimum absolute atomic E-state index is 0.149. The Bertz CT molecular complexity index is 1090. The molecule has 0 bridgehead atoms. The molecule has 0 saturated carbocycles. The van der Waals surface area contributed by atoms with Crippen molar-refractivity contribution in [2.75, 3.05) is 13.2 Å². The maximum atomic E-state index is 12.5. The molecule has 1 aromatic heterocycles. The van der Waals surface area contributed by atoms with Crippen LogP contribution in [0.15, 0.2) is 66.2 Å². The number of carbonyl (C=O) groups excluding carboxylic acids is 2. The highest BCUT2D eigenvalue weighted by Gasteiger charge is 2.13. The van der Waals surface area contributed by atoms with Gasteiger partial charge in [-0.1, -0.05) is 0 Å². The Kier molecular flexibility index (Phi) is 7.85. The predicted octanol–water partition coefficient (Wildman–Crippen LogP) is 3.26. The number of carbonyl (C=O) groups is 2. The molecule has 0 aliphatic rings. The lowest BCUT2D eigenvalue weighted by Crippen LogP contribution is -2.19. The van der Waals surface area contributed by atoms with Gasteiger partial charge in [0.1, 0.15) is 11.4 Å². The molecule has 32 heavy (non-hydrogen) atoms. The summed E-state index contributed by atoms with van der Waals surface area (Å²) in [6.45, 7) is 4.62. The zero-order valence-electron chi connectivity index (χ0n) is 17.6. The molecule has 3 aromatic rings. The molecule has 2 aromatic carbocycles. The van der Waals surface area contributed by atoms with E-state index < -0.39 is 11.9 Å². The lowest BCUT2D eigenvalue weighted by molar-refractivity contribution is 0.0728. The van der Waals surface area contributed by atoms with E-state index >= 15 is 0 Å². The molecule has 0 fully saturated rings. The van der Waals surface area contributed by atoms with Crippen molar-refractivity contribution in [3.05, 3.63) is 77.9 Å². The molecule has 1 N–H and O–H groups in total. The van der Waals surface area contributed by atoms with Gasteiger partial charge >= 0.3 is 5.97 Å². The normalized spacial score (nSPS) is 10.6. The summed E-state index contributed by atoms with van der Waals surface area (Å²) in [7, 11) is 0. The van der Waals surface area contributed by atoms with E-state index in [4.69, 9.17) is 14.2 Å². The van der Waals surface area contributed by atoms with E-state index in [1.54, 1.807) is 42.5 Å². The summed E-state index contributed by atoms with van der Waals surface area (Å²) >= 11 is 0. The van der Waals surface area contributed by atoms with E-state index in [2.05, 4.69) is 20.5 Å². The fourth-order valence-corrected chi connectivity index (χ4v) is 2.61. The number of nitrogens with one attached hydrogen (secondary N) is 1. The molecular weight excluding hydrogens is 412 g/mol. The lowest BCUT2D eigenvalue weighted by atomic mass is 10.2. The lowest BCUT2D eigenvalue weighted by Gasteiger charge is -2.11. The number of nitrogens with zero attached hydrogens (tertiary/aromatic N) is 3. The van der Waals surface area contributed by atoms with Crippen LogP contribution in [-0.4, -0.2) is 41.3 Å². The fourth-order valence-electron chi connectivity index (χ4n) is 2.61. The first-order valence-electron chi connectivity index (χ1n) is 9.92. The van der Waals surface area contributed by atoms with Gasteiger partial charge in [0.2, 0.25) is 0 Å². The van der Waals surface area contributed by atoms with Gasteiger partial charge < -0.3 is 14.2 Å². The number of benzene rings is 2. The highest BCUT2D eigenvalue weighted by molar-refractivity contribution is 5.93. The first-order chi connectivity index (χ1) is 15.6. The van der Waals surface area contributed by atoms with Crippen LogP contribution in [0.5, 0.6) is 17.2 Å². The first kappa shape index (κ1) is 22.4. The number of hydrazone groups is 1. The molecule has 9 heteroatoms. The van der Waals surface area contributed by atoms with Crippen molar-refractivity contribution >= 4 is 18.1 Å². The standard InChI is InChI=1S/C23H22N4O5/c1-3-30-18-8-6-17(7-9-18)23(29)32-20-10-5-16(13-21(20)31-4-2)14-26-27-22(28)19-15-24-11-12-25-19/h5-15H,3-4H2,1-2H3,(H,27,28)/b26-14-.